The Bertz CT molecular complexity index is 1040. The number of hydrogen-bond donors (Lipinski definition) is 1. The van der Waals surface area contributed by atoms with Crippen molar-refractivity contribution in [3.8, 4) is 5.69 Å². The fraction of sp³-hybridized carbons (Fsp3) is 0.286. The molecule has 4 rings (SSSR count). The second-order valence-corrected chi connectivity index (χ2v) is 8.23. The molecule has 2 amide bonds. The highest BCUT2D eigenvalue weighted by molar-refractivity contribution is 9.10. The molecule has 0 saturated carbocycles. The van der Waals surface area contributed by atoms with Crippen molar-refractivity contribution in [2.45, 2.75) is 19.8 Å². The third-order valence-electron chi connectivity index (χ3n) is 5.30. The van der Waals surface area contributed by atoms with E-state index in [0.29, 0.717) is 31.5 Å². The molecule has 0 radical (unpaired) electrons. The number of anilines is 1. The lowest BCUT2D eigenvalue weighted by molar-refractivity contribution is -0.121. The molecule has 0 bridgehead atoms. The molecule has 1 aliphatic heterocycles. The highest BCUT2D eigenvalue weighted by atomic mass is 79.9. The van der Waals surface area contributed by atoms with E-state index in [-0.39, 0.29) is 17.7 Å². The number of hydrogen-bond acceptors (Lipinski definition) is 5. The van der Waals surface area contributed by atoms with Crippen LogP contribution in [0.15, 0.2) is 53.3 Å². The van der Waals surface area contributed by atoms with E-state index in [1.54, 1.807) is 4.68 Å². The molecular formula is C21H21BrN6O2. The van der Waals surface area contributed by atoms with Gasteiger partial charge in [-0.3, -0.25) is 9.59 Å². The lowest BCUT2D eigenvalue weighted by Gasteiger charge is -2.31. The van der Waals surface area contributed by atoms with Gasteiger partial charge in [0.2, 0.25) is 5.91 Å². The smallest absolute Gasteiger partial charge is 0.253 e. The first-order valence-corrected chi connectivity index (χ1v) is 10.5. The molecule has 8 nitrogen and oxygen atoms in total. The second-order valence-electron chi connectivity index (χ2n) is 7.32. The van der Waals surface area contributed by atoms with Gasteiger partial charge in [0.1, 0.15) is 6.33 Å². The molecule has 0 unspecified atom stereocenters. The van der Waals surface area contributed by atoms with E-state index in [4.69, 9.17) is 0 Å². The van der Waals surface area contributed by atoms with Gasteiger partial charge in [0.15, 0.2) is 0 Å². The van der Waals surface area contributed by atoms with E-state index in [0.717, 1.165) is 21.4 Å². The molecule has 9 heteroatoms. The Balaban J connectivity index is 1.34. The van der Waals surface area contributed by atoms with Crippen LogP contribution in [0.2, 0.25) is 0 Å². The van der Waals surface area contributed by atoms with E-state index >= 15 is 0 Å². The van der Waals surface area contributed by atoms with Gasteiger partial charge in [-0.2, -0.15) is 0 Å². The normalized spacial score (nSPS) is 14.5. The first-order valence-electron chi connectivity index (χ1n) is 9.71. The summed E-state index contributed by atoms with van der Waals surface area (Å²) in [5, 5.41) is 14.2. The SMILES string of the molecule is Cc1cc(NC(=O)C2CCN(C(=O)c3ccc(Br)cc3)CC2)ccc1-n1cnnn1. The number of carbonyl (C=O) groups excluding carboxylic acids is 2. The Morgan fingerprint density at radius 1 is 1.10 bits per heavy atom. The number of piperidine rings is 1. The summed E-state index contributed by atoms with van der Waals surface area (Å²) >= 11 is 3.38. The second kappa shape index (κ2) is 8.74. The van der Waals surface area contributed by atoms with Crippen LogP contribution in [-0.4, -0.2) is 50.0 Å². The Labute approximate surface area is 182 Å². The Kier molecular flexibility index (Phi) is 5.89. The summed E-state index contributed by atoms with van der Waals surface area (Å²) in [5.41, 5.74) is 3.22. The summed E-state index contributed by atoms with van der Waals surface area (Å²) in [7, 11) is 0. The van der Waals surface area contributed by atoms with E-state index in [1.807, 2.05) is 54.3 Å². The monoisotopic (exact) mass is 468 g/mol. The fourth-order valence-corrected chi connectivity index (χ4v) is 3.89. The van der Waals surface area contributed by atoms with Gasteiger partial charge < -0.3 is 10.2 Å². The number of halogens is 1. The molecule has 2 heterocycles. The van der Waals surface area contributed by atoms with Gasteiger partial charge in [-0.15, -0.1) is 5.10 Å². The van der Waals surface area contributed by atoms with Gasteiger partial charge >= 0.3 is 0 Å². The molecule has 1 aliphatic rings. The number of aryl methyl sites for hydroxylation is 1. The van der Waals surface area contributed by atoms with Crippen molar-refractivity contribution in [1.82, 2.24) is 25.1 Å². The summed E-state index contributed by atoms with van der Waals surface area (Å²) in [4.78, 5) is 27.2. The zero-order valence-corrected chi connectivity index (χ0v) is 18.0. The number of aromatic nitrogens is 4. The highest BCUT2D eigenvalue weighted by Gasteiger charge is 2.28. The molecule has 0 atom stereocenters. The van der Waals surface area contributed by atoms with Gasteiger partial charge in [0, 0.05) is 34.7 Å². The van der Waals surface area contributed by atoms with Crippen molar-refractivity contribution >= 4 is 33.4 Å². The molecule has 1 N–H and O–H groups in total. The number of rotatable bonds is 4. The third-order valence-corrected chi connectivity index (χ3v) is 5.83. The van der Waals surface area contributed by atoms with Crippen molar-refractivity contribution in [3.05, 3.63) is 64.4 Å². The van der Waals surface area contributed by atoms with Gasteiger partial charge in [-0.1, -0.05) is 15.9 Å². The van der Waals surface area contributed by atoms with Crippen LogP contribution in [0.1, 0.15) is 28.8 Å². The maximum absolute atomic E-state index is 12.7. The number of nitrogens with one attached hydrogen (secondary N) is 1. The molecule has 1 saturated heterocycles. The zero-order chi connectivity index (χ0) is 21.1. The van der Waals surface area contributed by atoms with Crippen molar-refractivity contribution in [2.24, 2.45) is 5.92 Å². The van der Waals surface area contributed by atoms with Crippen LogP contribution in [0.4, 0.5) is 5.69 Å². The maximum atomic E-state index is 12.7. The number of benzene rings is 2. The molecule has 3 aromatic rings. The number of likely N-dealkylation sites (tertiary alicyclic amines) is 1. The van der Waals surface area contributed by atoms with Crippen molar-refractivity contribution in [2.75, 3.05) is 18.4 Å². The number of nitrogens with zero attached hydrogens (tertiary/aromatic N) is 5. The standard InChI is InChI=1S/C21H21BrN6O2/c1-14-12-18(6-7-19(14)28-13-23-25-26-28)24-20(29)15-8-10-27(11-9-15)21(30)16-2-4-17(22)5-3-16/h2-7,12-13,15H,8-11H2,1H3,(H,24,29). The molecular weight excluding hydrogens is 448 g/mol. The van der Waals surface area contributed by atoms with Gasteiger partial charge in [0.25, 0.3) is 5.91 Å². The van der Waals surface area contributed by atoms with Crippen LogP contribution >= 0.6 is 15.9 Å². The molecule has 0 spiro atoms. The predicted octanol–water partition coefficient (Wildman–Crippen LogP) is 3.22. The average molecular weight is 469 g/mol. The molecule has 1 aromatic heterocycles. The Morgan fingerprint density at radius 2 is 1.83 bits per heavy atom. The summed E-state index contributed by atoms with van der Waals surface area (Å²) in [6.45, 7) is 3.09. The van der Waals surface area contributed by atoms with Crippen LogP contribution in [0.5, 0.6) is 0 Å². The van der Waals surface area contributed by atoms with Gasteiger partial charge in [-0.25, -0.2) is 4.68 Å². The highest BCUT2D eigenvalue weighted by Crippen LogP contribution is 2.23. The van der Waals surface area contributed by atoms with Crippen molar-refractivity contribution < 1.29 is 9.59 Å². The number of amides is 2. The topological polar surface area (TPSA) is 93.0 Å². The lowest BCUT2D eigenvalue weighted by Crippen LogP contribution is -2.41. The van der Waals surface area contributed by atoms with Crippen LogP contribution in [0.25, 0.3) is 5.69 Å². The third kappa shape index (κ3) is 4.40. The minimum absolute atomic E-state index is 0.00942. The minimum atomic E-state index is -0.113. The Morgan fingerprint density at radius 3 is 2.47 bits per heavy atom. The Hall–Kier alpha value is -3.07. The summed E-state index contributed by atoms with van der Waals surface area (Å²) in [5.74, 6) is -0.117. The number of carbonyl (C=O) groups is 2. The predicted molar refractivity (Wildman–Crippen MR) is 115 cm³/mol. The van der Waals surface area contributed by atoms with Crippen LogP contribution in [0.3, 0.4) is 0 Å². The lowest BCUT2D eigenvalue weighted by atomic mass is 9.95. The first-order chi connectivity index (χ1) is 14.5. The molecule has 0 aliphatic carbocycles. The summed E-state index contributed by atoms with van der Waals surface area (Å²) in [6, 6.07) is 13.0. The summed E-state index contributed by atoms with van der Waals surface area (Å²) < 4.78 is 2.52. The van der Waals surface area contributed by atoms with Crippen LogP contribution in [-0.2, 0) is 4.79 Å². The average Bonchev–Trinajstić information content (AvgIpc) is 3.28. The first kappa shape index (κ1) is 20.2. The van der Waals surface area contributed by atoms with E-state index in [2.05, 4.69) is 36.8 Å². The minimum Gasteiger partial charge on any atom is -0.339 e. The van der Waals surface area contributed by atoms with E-state index in [9.17, 15) is 9.59 Å². The van der Waals surface area contributed by atoms with Crippen molar-refractivity contribution in [1.29, 1.82) is 0 Å². The van der Waals surface area contributed by atoms with Crippen LogP contribution in [0, 0.1) is 12.8 Å². The number of tetrazole rings is 1. The molecule has 1 fully saturated rings. The molecule has 2 aromatic carbocycles. The van der Waals surface area contributed by atoms with Gasteiger partial charge in [0.05, 0.1) is 5.69 Å². The summed E-state index contributed by atoms with van der Waals surface area (Å²) in [6.07, 6.45) is 2.83. The quantitative estimate of drug-likeness (QED) is 0.634. The van der Waals surface area contributed by atoms with Crippen molar-refractivity contribution in [3.63, 3.8) is 0 Å². The fourth-order valence-electron chi connectivity index (χ4n) is 3.63. The zero-order valence-electron chi connectivity index (χ0n) is 16.5. The van der Waals surface area contributed by atoms with E-state index < -0.39 is 0 Å². The van der Waals surface area contributed by atoms with E-state index in [1.165, 1.54) is 6.33 Å². The maximum Gasteiger partial charge on any atom is 0.253 e. The largest absolute Gasteiger partial charge is 0.339 e. The molecule has 30 heavy (non-hydrogen) atoms. The molecule has 154 valence electrons. The van der Waals surface area contributed by atoms with Gasteiger partial charge in [-0.05, 0) is 78.2 Å². The van der Waals surface area contributed by atoms with Crippen LogP contribution < -0.4 is 5.32 Å².